The fraction of sp³-hybridized carbons (Fsp3) is 0.508. The monoisotopic (exact) mass is 1100 g/mol. The van der Waals surface area contributed by atoms with Crippen LogP contribution >= 0.6 is 11.3 Å². The smallest absolute Gasteiger partial charge is 0.254 e. The van der Waals surface area contributed by atoms with Gasteiger partial charge < -0.3 is 35.4 Å². The maximum absolute atomic E-state index is 15.7. The molecule has 79 heavy (non-hydrogen) atoms. The number of ether oxygens (including phenoxy) is 1. The Balaban J connectivity index is 0.605. The quantitative estimate of drug-likeness (QED) is 0.0330. The van der Waals surface area contributed by atoms with Crippen LogP contribution in [0.5, 0.6) is 5.75 Å². The van der Waals surface area contributed by atoms with Crippen molar-refractivity contribution < 1.29 is 33.1 Å². The van der Waals surface area contributed by atoms with Crippen LogP contribution < -0.4 is 20.7 Å². The van der Waals surface area contributed by atoms with Gasteiger partial charge in [0.2, 0.25) is 23.5 Å². The lowest BCUT2D eigenvalue weighted by atomic mass is 9.83. The summed E-state index contributed by atoms with van der Waals surface area (Å²) in [6, 6.07) is 10.4. The highest BCUT2D eigenvalue weighted by Gasteiger charge is 2.40. The molecule has 0 bridgehead atoms. The highest BCUT2D eigenvalue weighted by Crippen LogP contribution is 2.41. The molecule has 4 aromatic heterocycles. The molecule has 2 saturated carbocycles. The average Bonchev–Trinajstić information content (AvgIpc) is 4.04. The molecule has 2 aliphatic carbocycles. The number of nitrogens with one attached hydrogen (secondary N) is 4. The number of likely N-dealkylation sites (N-methyl/N-ethyl adjacent to an activating group) is 1. The van der Waals surface area contributed by atoms with Gasteiger partial charge in [-0.3, -0.25) is 33.5 Å². The molecular weight excluding hydrogens is 1020 g/mol. The number of H-pyrrole nitrogens is 1. The molecule has 4 N–H and O–H groups in total. The fourth-order valence-corrected chi connectivity index (χ4v) is 12.2. The number of anilines is 2. The van der Waals surface area contributed by atoms with Gasteiger partial charge in [-0.15, -0.1) is 11.3 Å². The normalized spacial score (nSPS) is 17.7. The molecule has 4 fully saturated rings. The number of piperazine rings is 1. The first kappa shape index (κ1) is 55.3. The van der Waals surface area contributed by atoms with Gasteiger partial charge in [-0.1, -0.05) is 63.5 Å². The van der Waals surface area contributed by atoms with Crippen molar-refractivity contribution in [2.75, 3.05) is 51.7 Å². The van der Waals surface area contributed by atoms with Gasteiger partial charge in [0.15, 0.2) is 11.5 Å². The van der Waals surface area contributed by atoms with Crippen LogP contribution in [0, 0.1) is 11.7 Å². The van der Waals surface area contributed by atoms with Crippen molar-refractivity contribution in [2.24, 2.45) is 5.92 Å². The number of ketones is 1. The van der Waals surface area contributed by atoms with Crippen molar-refractivity contribution in [2.45, 2.75) is 140 Å². The lowest BCUT2D eigenvalue weighted by Gasteiger charge is -2.35. The van der Waals surface area contributed by atoms with Gasteiger partial charge in [-0.25, -0.2) is 19.3 Å². The molecule has 418 valence electrons. The van der Waals surface area contributed by atoms with Crippen LogP contribution in [0.1, 0.15) is 165 Å². The number of imidazole rings is 1. The number of hydrogen-bond acceptors (Lipinski definition) is 13. The minimum Gasteiger partial charge on any atom is -0.494 e. The number of fused-ring (bicyclic) bond motifs is 1. The molecule has 0 radical (unpaired) electrons. The average molecular weight is 1100 g/mol. The number of rotatable bonds is 24. The topological polar surface area (TPSA) is 212 Å². The number of hydrogen-bond donors (Lipinski definition) is 4. The zero-order chi connectivity index (χ0) is 54.8. The third kappa shape index (κ3) is 13.3. The number of carbonyl (C=O) groups excluding carboxylic acids is 5. The molecule has 2 saturated heterocycles. The molecule has 10 rings (SSSR count). The summed E-state index contributed by atoms with van der Waals surface area (Å²) in [5.74, 6) is 0.345. The fourth-order valence-electron chi connectivity index (χ4n) is 11.2. The summed E-state index contributed by atoms with van der Waals surface area (Å²) >= 11 is 1.41. The van der Waals surface area contributed by atoms with Crippen molar-refractivity contribution in [3.05, 3.63) is 106 Å². The zero-order valence-corrected chi connectivity index (χ0v) is 46.2. The van der Waals surface area contributed by atoms with E-state index in [1.807, 2.05) is 32.5 Å². The van der Waals surface area contributed by atoms with E-state index in [1.165, 1.54) is 17.4 Å². The van der Waals surface area contributed by atoms with Crippen LogP contribution in [0.15, 0.2) is 72.6 Å². The van der Waals surface area contributed by atoms with E-state index in [0.717, 1.165) is 125 Å². The largest absolute Gasteiger partial charge is 0.494 e. The van der Waals surface area contributed by atoms with E-state index in [2.05, 4.69) is 31.1 Å². The first-order chi connectivity index (χ1) is 38.5. The standard InChI is InChI=1S/C59H73FN12O6S/c1-38(61-2)56(75)68-52(40-15-9-8-10-16-40)59(77)71-25-14-19-49(71)57-67-48(37-79-57)53(74)41-17-13-18-44(31-41)78-30-12-7-5-3-4-6-11-20-51(73)69-26-28-70(29-27-69)58(76)42-23-24-46(45(60)32-42)65-54-55-62-35-50(43-33-63-64-34-43)72(55)36-47(66-54)39-21-22-39/h13,17-18,23-24,31-40,49,52,61H,3-12,14-16,19-22,25-30H2,1-2H3,(H,63,64)(H,65,66)(H,68,75)/t38-,49-,52?/m0/s1. The molecule has 2 aromatic carbocycles. The summed E-state index contributed by atoms with van der Waals surface area (Å²) in [5.41, 5.74) is 4.46. The van der Waals surface area contributed by atoms with E-state index in [9.17, 15) is 24.0 Å². The Labute approximate surface area is 464 Å². The molecule has 18 nitrogen and oxygen atoms in total. The van der Waals surface area contributed by atoms with Gasteiger partial charge in [0, 0.05) is 79.5 Å². The summed E-state index contributed by atoms with van der Waals surface area (Å²) in [6.07, 6.45) is 23.3. The summed E-state index contributed by atoms with van der Waals surface area (Å²) in [6.45, 7) is 4.58. The maximum atomic E-state index is 15.7. The minimum atomic E-state index is -0.580. The molecule has 3 atom stereocenters. The zero-order valence-electron chi connectivity index (χ0n) is 45.4. The number of likely N-dealkylation sites (tertiary alicyclic amines) is 1. The van der Waals surface area contributed by atoms with E-state index >= 15 is 4.39 Å². The highest BCUT2D eigenvalue weighted by atomic mass is 32.1. The predicted octanol–water partition coefficient (Wildman–Crippen LogP) is 9.39. The van der Waals surface area contributed by atoms with Crippen molar-refractivity contribution in [3.8, 4) is 17.0 Å². The lowest BCUT2D eigenvalue weighted by Crippen LogP contribution is -2.55. The van der Waals surface area contributed by atoms with E-state index in [4.69, 9.17) is 14.7 Å². The first-order valence-corrected chi connectivity index (χ1v) is 29.4. The van der Waals surface area contributed by atoms with Gasteiger partial charge in [-0.2, -0.15) is 5.10 Å². The SMILES string of the molecule is CN[C@@H](C)C(=O)NC(C(=O)N1CCC[C@H]1c1nc(C(=O)c2cccc(OCCCCCCCCCC(=O)N3CCN(C(=O)c4ccc(Nc5nc(C6CC6)cn6c(-c7cn[nH]c7)cnc56)c(F)c4)CC3)c2)cs1)C1CCCCC1. The van der Waals surface area contributed by atoms with Crippen LogP contribution in [-0.4, -0.2) is 132 Å². The second-order valence-corrected chi connectivity index (χ2v) is 22.6. The van der Waals surface area contributed by atoms with Gasteiger partial charge in [0.25, 0.3) is 5.91 Å². The van der Waals surface area contributed by atoms with E-state index in [0.29, 0.717) is 80.1 Å². The number of benzene rings is 2. The summed E-state index contributed by atoms with van der Waals surface area (Å²) in [7, 11) is 1.74. The molecule has 4 aliphatic rings. The highest BCUT2D eigenvalue weighted by molar-refractivity contribution is 7.10. The molecule has 6 aromatic rings. The molecule has 0 spiro atoms. The summed E-state index contributed by atoms with van der Waals surface area (Å²) < 4.78 is 23.7. The second kappa shape index (κ2) is 25.8. The Morgan fingerprint density at radius 1 is 0.835 bits per heavy atom. The Hall–Kier alpha value is -7.06. The summed E-state index contributed by atoms with van der Waals surface area (Å²) in [4.78, 5) is 87.2. The molecule has 6 heterocycles. The Morgan fingerprint density at radius 2 is 1.61 bits per heavy atom. The van der Waals surface area contributed by atoms with E-state index < -0.39 is 17.9 Å². The third-order valence-electron chi connectivity index (χ3n) is 16.2. The number of unbranched alkanes of at least 4 members (excludes halogenated alkanes) is 6. The Morgan fingerprint density at radius 3 is 2.35 bits per heavy atom. The van der Waals surface area contributed by atoms with E-state index in [-0.39, 0.29) is 52.6 Å². The molecule has 1 unspecified atom stereocenters. The number of amides is 4. The molecule has 2 aliphatic heterocycles. The summed E-state index contributed by atoms with van der Waals surface area (Å²) in [5, 5.41) is 18.7. The van der Waals surface area contributed by atoms with Gasteiger partial charge in [0.05, 0.1) is 48.2 Å². The van der Waals surface area contributed by atoms with Gasteiger partial charge in [0.1, 0.15) is 28.3 Å². The second-order valence-electron chi connectivity index (χ2n) is 21.7. The minimum absolute atomic E-state index is 0.0541. The Kier molecular flexibility index (Phi) is 18.1. The first-order valence-electron chi connectivity index (χ1n) is 28.5. The maximum Gasteiger partial charge on any atom is 0.254 e. The van der Waals surface area contributed by atoms with Gasteiger partial charge in [-0.05, 0) is 102 Å². The number of thiazole rings is 1. The number of halogens is 1. The third-order valence-corrected chi connectivity index (χ3v) is 17.1. The Bertz CT molecular complexity index is 3090. The number of nitrogens with zero attached hydrogens (tertiary/aromatic N) is 8. The lowest BCUT2D eigenvalue weighted by molar-refractivity contribution is -0.139. The van der Waals surface area contributed by atoms with Crippen LogP contribution in [-0.2, 0) is 14.4 Å². The number of aromatic amines is 1. The molecular formula is C59H73FN12O6S. The van der Waals surface area contributed by atoms with Crippen LogP contribution in [0.2, 0.25) is 0 Å². The predicted molar refractivity (Wildman–Crippen MR) is 300 cm³/mol. The van der Waals surface area contributed by atoms with Gasteiger partial charge >= 0.3 is 0 Å². The van der Waals surface area contributed by atoms with Crippen molar-refractivity contribution >= 4 is 57.9 Å². The molecule has 20 heteroatoms. The van der Waals surface area contributed by atoms with E-state index in [1.54, 1.807) is 67.1 Å². The van der Waals surface area contributed by atoms with Crippen LogP contribution in [0.3, 0.4) is 0 Å². The van der Waals surface area contributed by atoms with Crippen LogP contribution in [0.25, 0.3) is 16.9 Å². The number of aromatic nitrogens is 6. The van der Waals surface area contributed by atoms with Crippen LogP contribution in [0.4, 0.5) is 15.9 Å². The van der Waals surface area contributed by atoms with Crippen molar-refractivity contribution in [1.29, 1.82) is 0 Å². The number of carbonyl (C=O) groups is 5. The van der Waals surface area contributed by atoms with Crippen molar-refractivity contribution in [3.63, 3.8) is 0 Å². The molecule has 4 amide bonds. The van der Waals surface area contributed by atoms with Crippen molar-refractivity contribution in [1.82, 2.24) is 54.9 Å².